The fourth-order valence-electron chi connectivity index (χ4n) is 1.49. The highest BCUT2D eigenvalue weighted by atomic mass is 32.1. The summed E-state index contributed by atoms with van der Waals surface area (Å²) in [5.74, 6) is 0.260. The van der Waals surface area contributed by atoms with E-state index in [2.05, 4.69) is 37.1 Å². The number of rotatable bonds is 7. The average Bonchev–Trinajstić information content (AvgIpc) is 2.23. The highest BCUT2D eigenvalue weighted by Gasteiger charge is 2.21. The first-order valence-electron chi connectivity index (χ1n) is 5.69. The Bertz CT molecular complexity index is 259. The Hall–Kier alpha value is -0.750. The van der Waals surface area contributed by atoms with Gasteiger partial charge in [-0.3, -0.25) is 9.59 Å². The molecule has 0 fully saturated rings. The van der Waals surface area contributed by atoms with Crippen LogP contribution >= 0.6 is 12.6 Å². The summed E-state index contributed by atoms with van der Waals surface area (Å²) >= 11 is 4.17. The van der Waals surface area contributed by atoms with Crippen molar-refractivity contribution in [2.24, 2.45) is 5.92 Å². The standard InChI is InChI=1S/C11H22N2O3S/c1-7(2)4-9(6-17)13-11(16)10(5-14)12-8(3)15/h7,9-10,14,17H,4-6H2,1-3H3,(H,12,15)(H,13,16). The van der Waals surface area contributed by atoms with Gasteiger partial charge in [-0.2, -0.15) is 12.6 Å². The Kier molecular flexibility index (Phi) is 7.99. The maximum atomic E-state index is 11.7. The summed E-state index contributed by atoms with van der Waals surface area (Å²) in [6.45, 7) is 5.01. The molecular formula is C11H22N2O3S. The first-order valence-corrected chi connectivity index (χ1v) is 6.33. The van der Waals surface area contributed by atoms with Crippen LogP contribution in [0.25, 0.3) is 0 Å². The molecule has 0 aromatic carbocycles. The van der Waals surface area contributed by atoms with Gasteiger partial charge in [0.1, 0.15) is 6.04 Å². The van der Waals surface area contributed by atoms with Crippen molar-refractivity contribution in [3.05, 3.63) is 0 Å². The zero-order chi connectivity index (χ0) is 13.4. The van der Waals surface area contributed by atoms with Crippen molar-refractivity contribution in [2.45, 2.75) is 39.3 Å². The molecule has 5 nitrogen and oxygen atoms in total. The van der Waals surface area contributed by atoms with Crippen molar-refractivity contribution >= 4 is 24.4 Å². The first kappa shape index (κ1) is 16.2. The molecule has 0 saturated carbocycles. The average molecular weight is 262 g/mol. The molecular weight excluding hydrogens is 240 g/mol. The van der Waals surface area contributed by atoms with Gasteiger partial charge in [-0.25, -0.2) is 0 Å². The number of nitrogens with one attached hydrogen (secondary N) is 2. The summed E-state index contributed by atoms with van der Waals surface area (Å²) in [5.41, 5.74) is 0. The number of thiol groups is 1. The molecule has 2 amide bonds. The lowest BCUT2D eigenvalue weighted by atomic mass is 10.0. The minimum atomic E-state index is -0.887. The molecule has 0 heterocycles. The van der Waals surface area contributed by atoms with Crippen LogP contribution in [-0.4, -0.2) is 41.4 Å². The maximum absolute atomic E-state index is 11.7. The lowest BCUT2D eigenvalue weighted by molar-refractivity contribution is -0.129. The van der Waals surface area contributed by atoms with E-state index >= 15 is 0 Å². The molecule has 0 bridgehead atoms. The molecule has 0 aliphatic rings. The van der Waals surface area contributed by atoms with Gasteiger partial charge in [0.2, 0.25) is 11.8 Å². The van der Waals surface area contributed by atoms with Gasteiger partial charge < -0.3 is 15.7 Å². The lowest BCUT2D eigenvalue weighted by Crippen LogP contribution is -2.51. The smallest absolute Gasteiger partial charge is 0.245 e. The summed E-state index contributed by atoms with van der Waals surface area (Å²) in [6.07, 6.45) is 0.813. The molecule has 3 N–H and O–H groups in total. The van der Waals surface area contributed by atoms with Crippen molar-refractivity contribution in [1.29, 1.82) is 0 Å². The summed E-state index contributed by atoms with van der Waals surface area (Å²) in [5, 5.41) is 14.2. The van der Waals surface area contributed by atoms with Crippen molar-refractivity contribution in [3.8, 4) is 0 Å². The summed E-state index contributed by atoms with van der Waals surface area (Å²) < 4.78 is 0. The second-order valence-electron chi connectivity index (χ2n) is 4.45. The monoisotopic (exact) mass is 262 g/mol. The molecule has 2 atom stereocenters. The van der Waals surface area contributed by atoms with E-state index in [4.69, 9.17) is 5.11 Å². The van der Waals surface area contributed by atoms with Gasteiger partial charge in [0.15, 0.2) is 0 Å². The van der Waals surface area contributed by atoms with E-state index in [1.807, 2.05) is 0 Å². The number of hydrogen-bond acceptors (Lipinski definition) is 4. The highest BCUT2D eigenvalue weighted by Crippen LogP contribution is 2.06. The van der Waals surface area contributed by atoms with Crippen molar-refractivity contribution in [1.82, 2.24) is 10.6 Å². The SMILES string of the molecule is CC(=O)NC(CO)C(=O)NC(CS)CC(C)C. The van der Waals surface area contributed by atoms with Gasteiger partial charge in [0, 0.05) is 18.7 Å². The van der Waals surface area contributed by atoms with Gasteiger partial charge in [0.25, 0.3) is 0 Å². The number of hydrogen-bond donors (Lipinski definition) is 4. The molecule has 0 rings (SSSR count). The van der Waals surface area contributed by atoms with Crippen LogP contribution in [0.4, 0.5) is 0 Å². The Morgan fingerprint density at radius 2 is 1.88 bits per heavy atom. The van der Waals surface area contributed by atoms with E-state index in [0.29, 0.717) is 11.7 Å². The molecule has 100 valence electrons. The maximum Gasteiger partial charge on any atom is 0.245 e. The number of carbonyl (C=O) groups is 2. The Balaban J connectivity index is 4.31. The molecule has 0 aromatic rings. The van der Waals surface area contributed by atoms with Crippen LogP contribution in [0.1, 0.15) is 27.2 Å². The van der Waals surface area contributed by atoms with Crippen LogP contribution in [0.2, 0.25) is 0 Å². The first-order chi connectivity index (χ1) is 7.90. The summed E-state index contributed by atoms with van der Waals surface area (Å²) in [7, 11) is 0. The van der Waals surface area contributed by atoms with E-state index in [0.717, 1.165) is 6.42 Å². The van der Waals surface area contributed by atoms with Crippen LogP contribution in [-0.2, 0) is 9.59 Å². The third kappa shape index (κ3) is 7.23. The molecule has 0 spiro atoms. The van der Waals surface area contributed by atoms with Crippen LogP contribution < -0.4 is 10.6 Å². The molecule has 0 aliphatic carbocycles. The topological polar surface area (TPSA) is 78.4 Å². The van der Waals surface area contributed by atoms with Crippen LogP contribution in [0.3, 0.4) is 0 Å². The van der Waals surface area contributed by atoms with E-state index in [9.17, 15) is 9.59 Å². The second kappa shape index (κ2) is 8.36. The number of aliphatic hydroxyl groups is 1. The van der Waals surface area contributed by atoms with Gasteiger partial charge >= 0.3 is 0 Å². The van der Waals surface area contributed by atoms with E-state index in [-0.39, 0.29) is 17.9 Å². The van der Waals surface area contributed by atoms with Crippen LogP contribution in [0, 0.1) is 5.92 Å². The number of amides is 2. The van der Waals surface area contributed by atoms with Crippen LogP contribution in [0.5, 0.6) is 0 Å². The highest BCUT2D eigenvalue weighted by molar-refractivity contribution is 7.80. The summed E-state index contributed by atoms with van der Waals surface area (Å²) in [6, 6.07) is -0.935. The molecule has 17 heavy (non-hydrogen) atoms. The molecule has 2 unspecified atom stereocenters. The molecule has 0 radical (unpaired) electrons. The third-order valence-corrected chi connectivity index (χ3v) is 2.64. The number of carbonyl (C=O) groups excluding carboxylic acids is 2. The number of aliphatic hydroxyl groups excluding tert-OH is 1. The van der Waals surface area contributed by atoms with E-state index < -0.39 is 12.6 Å². The minimum Gasteiger partial charge on any atom is -0.394 e. The molecule has 0 saturated heterocycles. The predicted molar refractivity (Wildman–Crippen MR) is 69.9 cm³/mol. The van der Waals surface area contributed by atoms with E-state index in [1.165, 1.54) is 6.92 Å². The third-order valence-electron chi connectivity index (χ3n) is 2.20. The zero-order valence-corrected chi connectivity index (χ0v) is 11.5. The Morgan fingerprint density at radius 1 is 1.29 bits per heavy atom. The Morgan fingerprint density at radius 3 is 2.24 bits per heavy atom. The second-order valence-corrected chi connectivity index (χ2v) is 4.82. The molecule has 0 aliphatic heterocycles. The largest absolute Gasteiger partial charge is 0.394 e. The van der Waals surface area contributed by atoms with Crippen molar-refractivity contribution < 1.29 is 14.7 Å². The van der Waals surface area contributed by atoms with Crippen LogP contribution in [0.15, 0.2) is 0 Å². The fourth-order valence-corrected chi connectivity index (χ4v) is 1.73. The van der Waals surface area contributed by atoms with Gasteiger partial charge in [0.05, 0.1) is 6.61 Å². The lowest BCUT2D eigenvalue weighted by Gasteiger charge is -2.22. The van der Waals surface area contributed by atoms with Crippen molar-refractivity contribution in [3.63, 3.8) is 0 Å². The molecule has 6 heteroatoms. The Labute approximate surface area is 108 Å². The minimum absolute atomic E-state index is 0.0476. The van der Waals surface area contributed by atoms with Gasteiger partial charge in [-0.05, 0) is 12.3 Å². The molecule has 0 aromatic heterocycles. The van der Waals surface area contributed by atoms with Gasteiger partial charge in [-0.15, -0.1) is 0 Å². The van der Waals surface area contributed by atoms with Gasteiger partial charge in [-0.1, -0.05) is 13.8 Å². The van der Waals surface area contributed by atoms with Crippen molar-refractivity contribution in [2.75, 3.05) is 12.4 Å². The zero-order valence-electron chi connectivity index (χ0n) is 10.6. The normalized spacial score (nSPS) is 14.2. The fraction of sp³-hybridized carbons (Fsp3) is 0.818. The summed E-state index contributed by atoms with van der Waals surface area (Å²) in [4.78, 5) is 22.6. The predicted octanol–water partition coefficient (Wildman–Crippen LogP) is -0.0559. The quantitative estimate of drug-likeness (QED) is 0.486. The van der Waals surface area contributed by atoms with E-state index in [1.54, 1.807) is 0 Å².